The number of aryl methyl sites for hydroxylation is 1. The molecule has 0 aliphatic carbocycles. The number of hydrogen-bond acceptors (Lipinski definition) is 4. The minimum atomic E-state index is -2.67. The van der Waals surface area contributed by atoms with E-state index in [1.807, 2.05) is 24.3 Å². The van der Waals surface area contributed by atoms with Crippen molar-refractivity contribution < 1.29 is 13.6 Å². The zero-order valence-corrected chi connectivity index (χ0v) is 15.0. The average molecular weight is 379 g/mol. The number of fused-ring (bicyclic) bond motifs is 1. The van der Waals surface area contributed by atoms with Crippen LogP contribution in [0.1, 0.15) is 23.8 Å². The molecule has 1 aromatic carbocycles. The fourth-order valence-electron chi connectivity index (χ4n) is 2.52. The van der Waals surface area contributed by atoms with Crippen molar-refractivity contribution in [3.8, 4) is 0 Å². The molecule has 0 saturated carbocycles. The van der Waals surface area contributed by atoms with Crippen molar-refractivity contribution in [2.45, 2.75) is 25.9 Å². The number of halogens is 2. The number of amides is 2. The summed E-state index contributed by atoms with van der Waals surface area (Å²) < 4.78 is 27.5. The van der Waals surface area contributed by atoms with E-state index < -0.39 is 6.55 Å². The van der Waals surface area contributed by atoms with E-state index in [-0.39, 0.29) is 18.4 Å². The number of aromatic nitrogens is 3. The molecule has 0 spiro atoms. The summed E-state index contributed by atoms with van der Waals surface area (Å²) in [5, 5.41) is 3.82. The number of carbonyl (C=O) groups excluding carboxylic acids is 1. The zero-order chi connectivity index (χ0) is 18.5. The Balaban J connectivity index is 1.44. The average Bonchev–Trinajstić information content (AvgIpc) is 3.24. The first-order valence-electron chi connectivity index (χ1n) is 8.18. The van der Waals surface area contributed by atoms with Crippen molar-refractivity contribution in [2.75, 3.05) is 13.6 Å². The van der Waals surface area contributed by atoms with Gasteiger partial charge in [-0.15, -0.1) is 11.3 Å². The second-order valence-electron chi connectivity index (χ2n) is 5.80. The Kier molecular flexibility index (Phi) is 5.77. The van der Waals surface area contributed by atoms with Gasteiger partial charge in [-0.25, -0.2) is 14.8 Å². The lowest BCUT2D eigenvalue weighted by Gasteiger charge is -2.18. The lowest BCUT2D eigenvalue weighted by atomic mass is 10.3. The first-order chi connectivity index (χ1) is 12.5. The van der Waals surface area contributed by atoms with Gasteiger partial charge in [-0.1, -0.05) is 12.1 Å². The number of rotatable bonds is 7. The SMILES string of the molecule is CN(Cc1nccn1C(F)F)C(=O)NCCCc1nc2ccccc2s1. The van der Waals surface area contributed by atoms with Crippen LogP contribution < -0.4 is 5.32 Å². The quantitative estimate of drug-likeness (QED) is 0.637. The molecule has 2 amide bonds. The van der Waals surface area contributed by atoms with Crippen LogP contribution in [0.2, 0.25) is 0 Å². The highest BCUT2D eigenvalue weighted by Crippen LogP contribution is 2.22. The smallest absolute Gasteiger partial charge is 0.319 e. The molecule has 0 saturated heterocycles. The molecule has 6 nitrogen and oxygen atoms in total. The van der Waals surface area contributed by atoms with Crippen LogP contribution in [0.5, 0.6) is 0 Å². The molecule has 2 heterocycles. The zero-order valence-electron chi connectivity index (χ0n) is 14.2. The van der Waals surface area contributed by atoms with E-state index in [4.69, 9.17) is 0 Å². The lowest BCUT2D eigenvalue weighted by molar-refractivity contribution is 0.0651. The van der Waals surface area contributed by atoms with E-state index in [1.165, 1.54) is 17.3 Å². The number of alkyl halides is 2. The van der Waals surface area contributed by atoms with Gasteiger partial charge in [0.1, 0.15) is 5.82 Å². The number of hydrogen-bond donors (Lipinski definition) is 1. The Labute approximate surface area is 153 Å². The molecule has 9 heteroatoms. The number of imidazole rings is 1. The molecule has 0 unspecified atom stereocenters. The van der Waals surface area contributed by atoms with E-state index >= 15 is 0 Å². The van der Waals surface area contributed by atoms with Crippen LogP contribution in [0, 0.1) is 0 Å². The lowest BCUT2D eigenvalue weighted by Crippen LogP contribution is -2.38. The van der Waals surface area contributed by atoms with E-state index in [0.29, 0.717) is 6.54 Å². The van der Waals surface area contributed by atoms with Crippen molar-refractivity contribution in [1.82, 2.24) is 24.8 Å². The summed E-state index contributed by atoms with van der Waals surface area (Å²) in [6.07, 6.45) is 4.03. The minimum absolute atomic E-state index is 0.0149. The van der Waals surface area contributed by atoms with Crippen LogP contribution in [0.15, 0.2) is 36.7 Å². The highest BCUT2D eigenvalue weighted by atomic mass is 32.1. The summed E-state index contributed by atoms with van der Waals surface area (Å²) in [4.78, 5) is 21.8. The van der Waals surface area contributed by atoms with E-state index in [9.17, 15) is 13.6 Å². The minimum Gasteiger partial charge on any atom is -0.338 e. The van der Waals surface area contributed by atoms with Gasteiger partial charge in [0.15, 0.2) is 0 Å². The fraction of sp³-hybridized carbons (Fsp3) is 0.353. The van der Waals surface area contributed by atoms with E-state index in [2.05, 4.69) is 15.3 Å². The third-order valence-electron chi connectivity index (χ3n) is 3.87. The number of urea groups is 1. The number of para-hydroxylation sites is 1. The summed E-state index contributed by atoms with van der Waals surface area (Å²) in [6, 6.07) is 7.64. The van der Waals surface area contributed by atoms with Crippen molar-refractivity contribution >= 4 is 27.6 Å². The highest BCUT2D eigenvalue weighted by molar-refractivity contribution is 7.18. The molecular formula is C17H19F2N5OS. The summed E-state index contributed by atoms with van der Waals surface area (Å²) in [5.74, 6) is 0.145. The molecule has 138 valence electrons. The van der Waals surface area contributed by atoms with Gasteiger partial charge in [-0.2, -0.15) is 8.78 Å². The first kappa shape index (κ1) is 18.2. The van der Waals surface area contributed by atoms with Crippen molar-refractivity contribution in [3.05, 3.63) is 47.5 Å². The summed E-state index contributed by atoms with van der Waals surface area (Å²) in [7, 11) is 1.55. The number of nitrogens with zero attached hydrogens (tertiary/aromatic N) is 4. The van der Waals surface area contributed by atoms with Crippen LogP contribution in [0.25, 0.3) is 10.2 Å². The summed E-state index contributed by atoms with van der Waals surface area (Å²) >= 11 is 1.65. The molecule has 0 aliphatic rings. The monoisotopic (exact) mass is 379 g/mol. The van der Waals surface area contributed by atoms with Gasteiger partial charge >= 0.3 is 12.6 Å². The maximum absolute atomic E-state index is 12.8. The van der Waals surface area contributed by atoms with Gasteiger partial charge in [-0.3, -0.25) is 4.57 Å². The van der Waals surface area contributed by atoms with E-state index in [0.717, 1.165) is 32.6 Å². The number of thiazole rings is 1. The Morgan fingerprint density at radius 3 is 2.96 bits per heavy atom. The molecule has 0 aliphatic heterocycles. The Bertz CT molecular complexity index is 846. The third kappa shape index (κ3) is 4.34. The largest absolute Gasteiger partial charge is 0.338 e. The Hall–Kier alpha value is -2.55. The third-order valence-corrected chi connectivity index (χ3v) is 4.96. The molecule has 3 aromatic rings. The molecule has 0 radical (unpaired) electrons. The van der Waals surface area contributed by atoms with Gasteiger partial charge in [0.25, 0.3) is 0 Å². The second kappa shape index (κ2) is 8.22. The van der Waals surface area contributed by atoms with Crippen LogP contribution in [-0.4, -0.2) is 39.1 Å². The first-order valence-corrected chi connectivity index (χ1v) is 8.99. The van der Waals surface area contributed by atoms with Crippen molar-refractivity contribution in [2.24, 2.45) is 0 Å². The summed E-state index contributed by atoms with van der Waals surface area (Å²) in [6.45, 7) is -2.17. The number of benzene rings is 1. The number of carbonyl (C=O) groups is 1. The maximum Gasteiger partial charge on any atom is 0.319 e. The highest BCUT2D eigenvalue weighted by Gasteiger charge is 2.15. The van der Waals surface area contributed by atoms with Crippen LogP contribution in [-0.2, 0) is 13.0 Å². The van der Waals surface area contributed by atoms with Crippen LogP contribution >= 0.6 is 11.3 Å². The van der Waals surface area contributed by atoms with Gasteiger partial charge in [-0.05, 0) is 18.6 Å². The van der Waals surface area contributed by atoms with Gasteiger partial charge < -0.3 is 10.2 Å². The maximum atomic E-state index is 12.8. The van der Waals surface area contributed by atoms with Crippen LogP contribution in [0.3, 0.4) is 0 Å². The predicted octanol–water partition coefficient (Wildman–Crippen LogP) is 3.66. The predicted molar refractivity (Wildman–Crippen MR) is 96.3 cm³/mol. The molecule has 0 fully saturated rings. The van der Waals surface area contributed by atoms with Crippen molar-refractivity contribution in [3.63, 3.8) is 0 Å². The van der Waals surface area contributed by atoms with Crippen LogP contribution in [0.4, 0.5) is 13.6 Å². The Morgan fingerprint density at radius 2 is 2.19 bits per heavy atom. The second-order valence-corrected chi connectivity index (χ2v) is 6.91. The molecule has 0 bridgehead atoms. The molecular weight excluding hydrogens is 360 g/mol. The molecule has 2 aromatic heterocycles. The molecule has 3 rings (SSSR count). The van der Waals surface area contributed by atoms with Gasteiger partial charge in [0.2, 0.25) is 0 Å². The molecule has 26 heavy (non-hydrogen) atoms. The molecule has 0 atom stereocenters. The van der Waals surface area contributed by atoms with Gasteiger partial charge in [0.05, 0.1) is 21.8 Å². The normalized spacial score (nSPS) is 11.2. The summed E-state index contributed by atoms with van der Waals surface area (Å²) in [5.41, 5.74) is 0.991. The van der Waals surface area contributed by atoms with E-state index in [1.54, 1.807) is 18.4 Å². The topological polar surface area (TPSA) is 63.1 Å². The fourth-order valence-corrected chi connectivity index (χ4v) is 3.53. The number of nitrogens with one attached hydrogen (secondary N) is 1. The Morgan fingerprint density at radius 1 is 1.38 bits per heavy atom. The molecule has 1 N–H and O–H groups in total. The standard InChI is InChI=1S/C17H19F2N5OS/c1-23(11-14-20-9-10-24(14)16(18)19)17(25)21-8-4-7-15-22-12-5-2-3-6-13(12)26-15/h2-3,5-6,9-10,16H,4,7-8,11H2,1H3,(H,21,25). The van der Waals surface area contributed by atoms with Gasteiger partial charge in [0, 0.05) is 32.4 Å². The van der Waals surface area contributed by atoms with Crippen molar-refractivity contribution in [1.29, 1.82) is 0 Å².